The third-order valence-electron chi connectivity index (χ3n) is 4.58. The highest BCUT2D eigenvalue weighted by atomic mass is 16.5. The third-order valence-corrected chi connectivity index (χ3v) is 4.58. The van der Waals surface area contributed by atoms with Gasteiger partial charge in [0.05, 0.1) is 12.2 Å². The number of aliphatic hydroxyl groups excluding tert-OH is 1. The Morgan fingerprint density at radius 3 is 2.80 bits per heavy atom. The van der Waals surface area contributed by atoms with Gasteiger partial charge in [-0.05, 0) is 65.6 Å². The SMILES string of the molecule is CCCNC(C)(CO)CCCN1CCCC(C)(OC)C1. The van der Waals surface area contributed by atoms with Gasteiger partial charge in [-0.3, -0.25) is 0 Å². The van der Waals surface area contributed by atoms with Crippen LogP contribution in [-0.4, -0.2) is 61.0 Å². The molecule has 4 heteroatoms. The summed E-state index contributed by atoms with van der Waals surface area (Å²) in [7, 11) is 1.82. The number of nitrogens with zero attached hydrogens (tertiary/aromatic N) is 1. The van der Waals surface area contributed by atoms with Crippen molar-refractivity contribution in [1.82, 2.24) is 10.2 Å². The van der Waals surface area contributed by atoms with Crippen molar-refractivity contribution in [2.24, 2.45) is 0 Å². The number of aliphatic hydroxyl groups is 1. The predicted octanol–water partition coefficient (Wildman–Crippen LogP) is 2.02. The van der Waals surface area contributed by atoms with Gasteiger partial charge in [-0.2, -0.15) is 0 Å². The molecule has 2 atom stereocenters. The second-order valence-electron chi connectivity index (χ2n) is 6.78. The van der Waals surface area contributed by atoms with Gasteiger partial charge < -0.3 is 20.1 Å². The van der Waals surface area contributed by atoms with E-state index in [0.717, 1.165) is 45.3 Å². The fourth-order valence-corrected chi connectivity index (χ4v) is 3.01. The third kappa shape index (κ3) is 5.68. The number of hydrogen-bond acceptors (Lipinski definition) is 4. The fourth-order valence-electron chi connectivity index (χ4n) is 3.01. The van der Waals surface area contributed by atoms with Crippen LogP contribution in [0.15, 0.2) is 0 Å². The predicted molar refractivity (Wildman–Crippen MR) is 84.1 cm³/mol. The molecule has 20 heavy (non-hydrogen) atoms. The van der Waals surface area contributed by atoms with Crippen molar-refractivity contribution in [3.63, 3.8) is 0 Å². The van der Waals surface area contributed by atoms with E-state index in [0.29, 0.717) is 0 Å². The molecule has 0 aliphatic carbocycles. The molecule has 0 aromatic rings. The van der Waals surface area contributed by atoms with E-state index in [2.05, 4.69) is 31.0 Å². The number of hydrogen-bond donors (Lipinski definition) is 2. The minimum Gasteiger partial charge on any atom is -0.394 e. The summed E-state index contributed by atoms with van der Waals surface area (Å²) in [5.41, 5.74) is -0.102. The van der Waals surface area contributed by atoms with Crippen molar-refractivity contribution < 1.29 is 9.84 Å². The summed E-state index contributed by atoms with van der Waals surface area (Å²) < 4.78 is 5.64. The zero-order chi connectivity index (χ0) is 15.1. The molecular formula is C16H34N2O2. The summed E-state index contributed by atoms with van der Waals surface area (Å²) in [6.07, 6.45) is 5.62. The molecule has 1 aliphatic rings. The lowest BCUT2D eigenvalue weighted by atomic mass is 9.93. The van der Waals surface area contributed by atoms with Crippen molar-refractivity contribution in [3.8, 4) is 0 Å². The first-order chi connectivity index (χ1) is 9.47. The average Bonchev–Trinajstić information content (AvgIpc) is 2.45. The molecule has 1 fully saturated rings. The first kappa shape index (κ1) is 17.9. The van der Waals surface area contributed by atoms with Crippen LogP contribution in [0.4, 0.5) is 0 Å². The highest BCUT2D eigenvalue weighted by Gasteiger charge is 2.30. The maximum Gasteiger partial charge on any atom is 0.0777 e. The van der Waals surface area contributed by atoms with Crippen LogP contribution in [0.2, 0.25) is 0 Å². The Bertz CT molecular complexity index is 275. The molecule has 1 saturated heterocycles. The van der Waals surface area contributed by atoms with Crippen LogP contribution >= 0.6 is 0 Å². The van der Waals surface area contributed by atoms with E-state index >= 15 is 0 Å². The molecule has 0 bridgehead atoms. The highest BCUT2D eigenvalue weighted by molar-refractivity contribution is 4.86. The lowest BCUT2D eigenvalue weighted by Crippen LogP contribution is -2.49. The second-order valence-corrected chi connectivity index (χ2v) is 6.78. The van der Waals surface area contributed by atoms with Crippen molar-refractivity contribution in [2.45, 2.75) is 64.0 Å². The smallest absolute Gasteiger partial charge is 0.0777 e. The Morgan fingerprint density at radius 1 is 1.45 bits per heavy atom. The summed E-state index contributed by atoms with van der Waals surface area (Å²) in [6, 6.07) is 0. The van der Waals surface area contributed by atoms with Gasteiger partial charge in [0, 0.05) is 19.2 Å². The van der Waals surface area contributed by atoms with Crippen molar-refractivity contribution in [2.75, 3.05) is 39.9 Å². The maximum atomic E-state index is 9.57. The van der Waals surface area contributed by atoms with E-state index in [1.807, 2.05) is 7.11 Å². The van der Waals surface area contributed by atoms with E-state index in [1.54, 1.807) is 0 Å². The van der Waals surface area contributed by atoms with Crippen LogP contribution < -0.4 is 5.32 Å². The number of methoxy groups -OCH3 is 1. The Morgan fingerprint density at radius 2 is 2.20 bits per heavy atom. The summed E-state index contributed by atoms with van der Waals surface area (Å²) in [4.78, 5) is 2.50. The van der Waals surface area contributed by atoms with Crippen LogP contribution in [0.1, 0.15) is 52.9 Å². The topological polar surface area (TPSA) is 44.7 Å². The Kier molecular flexibility index (Phi) is 7.45. The molecule has 4 nitrogen and oxygen atoms in total. The van der Waals surface area contributed by atoms with Crippen molar-refractivity contribution in [1.29, 1.82) is 0 Å². The monoisotopic (exact) mass is 286 g/mol. The van der Waals surface area contributed by atoms with Crippen LogP contribution in [0.3, 0.4) is 0 Å². The molecule has 0 aromatic carbocycles. The van der Waals surface area contributed by atoms with Gasteiger partial charge in [0.25, 0.3) is 0 Å². The zero-order valence-corrected chi connectivity index (χ0v) is 13.9. The minimum atomic E-state index is -0.129. The zero-order valence-electron chi connectivity index (χ0n) is 13.9. The van der Waals surface area contributed by atoms with E-state index in [4.69, 9.17) is 4.74 Å². The highest BCUT2D eigenvalue weighted by Crippen LogP contribution is 2.24. The molecule has 120 valence electrons. The largest absolute Gasteiger partial charge is 0.394 e. The molecule has 0 saturated carbocycles. The van der Waals surface area contributed by atoms with Gasteiger partial charge in [-0.15, -0.1) is 0 Å². The molecule has 0 spiro atoms. The normalized spacial score (nSPS) is 27.4. The quantitative estimate of drug-likeness (QED) is 0.681. The van der Waals surface area contributed by atoms with Gasteiger partial charge in [0.15, 0.2) is 0 Å². The van der Waals surface area contributed by atoms with Gasteiger partial charge in [-0.1, -0.05) is 6.92 Å². The molecule has 0 amide bonds. The number of nitrogens with one attached hydrogen (secondary N) is 1. The van der Waals surface area contributed by atoms with Crippen molar-refractivity contribution in [3.05, 3.63) is 0 Å². The fraction of sp³-hybridized carbons (Fsp3) is 1.00. The number of likely N-dealkylation sites (tertiary alicyclic amines) is 1. The lowest BCUT2D eigenvalue weighted by Gasteiger charge is -2.40. The first-order valence-corrected chi connectivity index (χ1v) is 8.10. The molecule has 1 heterocycles. The molecular weight excluding hydrogens is 252 g/mol. The molecule has 0 radical (unpaired) electrons. The van der Waals surface area contributed by atoms with Crippen molar-refractivity contribution >= 4 is 0 Å². The van der Waals surface area contributed by atoms with Crippen LogP contribution in [-0.2, 0) is 4.74 Å². The Balaban J connectivity index is 2.32. The van der Waals surface area contributed by atoms with Gasteiger partial charge in [0.2, 0.25) is 0 Å². The lowest BCUT2D eigenvalue weighted by molar-refractivity contribution is -0.0512. The molecule has 1 rings (SSSR count). The average molecular weight is 286 g/mol. The van der Waals surface area contributed by atoms with Crippen LogP contribution in [0, 0.1) is 0 Å². The van der Waals surface area contributed by atoms with Gasteiger partial charge in [0.1, 0.15) is 0 Å². The number of rotatable bonds is 9. The van der Waals surface area contributed by atoms with Crippen LogP contribution in [0.5, 0.6) is 0 Å². The standard InChI is InChI=1S/C16H34N2O2/c1-5-10-17-15(2,14-19)8-6-11-18-12-7-9-16(3,13-18)20-4/h17,19H,5-14H2,1-4H3. The summed E-state index contributed by atoms with van der Waals surface area (Å²) in [6.45, 7) is 11.0. The number of piperidine rings is 1. The van der Waals surface area contributed by atoms with E-state index in [-0.39, 0.29) is 17.7 Å². The molecule has 0 aromatic heterocycles. The Hall–Kier alpha value is -0.160. The molecule has 1 aliphatic heterocycles. The summed E-state index contributed by atoms with van der Waals surface area (Å²) >= 11 is 0. The summed E-state index contributed by atoms with van der Waals surface area (Å²) in [5, 5.41) is 13.0. The molecule has 2 N–H and O–H groups in total. The molecule has 2 unspecified atom stereocenters. The Labute approximate surface area is 124 Å². The van der Waals surface area contributed by atoms with E-state index < -0.39 is 0 Å². The van der Waals surface area contributed by atoms with Gasteiger partial charge in [-0.25, -0.2) is 0 Å². The van der Waals surface area contributed by atoms with E-state index in [1.165, 1.54) is 13.0 Å². The van der Waals surface area contributed by atoms with Gasteiger partial charge >= 0.3 is 0 Å². The minimum absolute atomic E-state index is 0.0268. The maximum absolute atomic E-state index is 9.57. The summed E-state index contributed by atoms with van der Waals surface area (Å²) in [5.74, 6) is 0. The van der Waals surface area contributed by atoms with E-state index in [9.17, 15) is 5.11 Å². The second kappa shape index (κ2) is 8.32. The first-order valence-electron chi connectivity index (χ1n) is 8.10. The number of ether oxygens (including phenoxy) is 1. The van der Waals surface area contributed by atoms with Crippen LogP contribution in [0.25, 0.3) is 0 Å².